The minimum Gasteiger partial charge on any atom is -0.465 e. The van der Waals surface area contributed by atoms with Crippen LogP contribution < -0.4 is 16.0 Å². The molecule has 0 bridgehead atoms. The summed E-state index contributed by atoms with van der Waals surface area (Å²) in [5, 5.41) is 21.5. The molecule has 3 amide bonds. The smallest absolute Gasteiger partial charge is 0.409 e. The van der Waals surface area contributed by atoms with Crippen LogP contribution in [0.1, 0.15) is 20.7 Å². The lowest BCUT2D eigenvalue weighted by atomic mass is 10.1. The van der Waals surface area contributed by atoms with E-state index in [0.717, 1.165) is 5.56 Å². The van der Waals surface area contributed by atoms with E-state index in [0.29, 0.717) is 27.8 Å². The molecule has 4 N–H and O–H groups in total. The molecule has 35 heavy (non-hydrogen) atoms. The molecule has 3 aromatic carbocycles. The molecule has 9 nitrogen and oxygen atoms in total. The first kappa shape index (κ1) is 23.5. The van der Waals surface area contributed by atoms with Crippen molar-refractivity contribution >= 4 is 46.7 Å². The van der Waals surface area contributed by atoms with Crippen molar-refractivity contribution in [1.29, 1.82) is 0 Å². The van der Waals surface area contributed by atoms with Crippen LogP contribution in [0.25, 0.3) is 11.3 Å². The first-order chi connectivity index (χ1) is 16.8. The molecule has 4 rings (SSSR count). The SMILES string of the molecule is Cn1nc(-c2ccc(NC(=O)c3ccccc3Cl)cc2)cc1NC(=O)c1cccc(NC(=O)O)c1. The molecule has 0 aliphatic rings. The maximum Gasteiger partial charge on any atom is 0.409 e. The number of anilines is 3. The summed E-state index contributed by atoms with van der Waals surface area (Å²) in [6.07, 6.45) is -1.21. The number of carbonyl (C=O) groups is 3. The van der Waals surface area contributed by atoms with Crippen molar-refractivity contribution in [2.75, 3.05) is 16.0 Å². The van der Waals surface area contributed by atoms with E-state index in [1.807, 2.05) is 0 Å². The van der Waals surface area contributed by atoms with Gasteiger partial charge in [-0.05, 0) is 42.5 Å². The molecule has 0 unspecified atom stereocenters. The van der Waals surface area contributed by atoms with E-state index < -0.39 is 12.0 Å². The molecular weight excluding hydrogens is 470 g/mol. The predicted octanol–water partition coefficient (Wildman–Crippen LogP) is 5.34. The molecular formula is C25H20ClN5O4. The second-order valence-electron chi connectivity index (χ2n) is 7.51. The Kier molecular flexibility index (Phi) is 6.79. The molecule has 1 aromatic heterocycles. The molecule has 10 heteroatoms. The second kappa shape index (κ2) is 10.1. The quantitative estimate of drug-likeness (QED) is 0.291. The predicted molar refractivity (Wildman–Crippen MR) is 134 cm³/mol. The zero-order valence-corrected chi connectivity index (χ0v) is 19.2. The largest absolute Gasteiger partial charge is 0.465 e. The molecule has 0 radical (unpaired) electrons. The third-order valence-electron chi connectivity index (χ3n) is 5.05. The first-order valence-corrected chi connectivity index (χ1v) is 10.8. The van der Waals surface area contributed by atoms with Gasteiger partial charge in [0, 0.05) is 35.6 Å². The van der Waals surface area contributed by atoms with Gasteiger partial charge in [-0.2, -0.15) is 5.10 Å². The number of carboxylic acid groups (broad SMARTS) is 1. The highest BCUT2D eigenvalue weighted by atomic mass is 35.5. The number of halogens is 1. The van der Waals surface area contributed by atoms with Gasteiger partial charge in [0.2, 0.25) is 0 Å². The van der Waals surface area contributed by atoms with Crippen LogP contribution in [-0.4, -0.2) is 32.8 Å². The molecule has 0 fully saturated rings. The number of benzene rings is 3. The Labute approximate surface area is 205 Å². The molecule has 1 heterocycles. The summed E-state index contributed by atoms with van der Waals surface area (Å²) in [5.74, 6) is -0.266. The van der Waals surface area contributed by atoms with Crippen molar-refractivity contribution in [2.24, 2.45) is 7.05 Å². The summed E-state index contributed by atoms with van der Waals surface area (Å²) < 4.78 is 1.53. The summed E-state index contributed by atoms with van der Waals surface area (Å²) in [7, 11) is 1.69. The average molecular weight is 490 g/mol. The summed E-state index contributed by atoms with van der Waals surface area (Å²) in [4.78, 5) is 35.9. The summed E-state index contributed by atoms with van der Waals surface area (Å²) in [6, 6.07) is 21.8. The Morgan fingerprint density at radius 1 is 0.829 bits per heavy atom. The highest BCUT2D eigenvalue weighted by Crippen LogP contribution is 2.24. The van der Waals surface area contributed by atoms with E-state index in [2.05, 4.69) is 21.0 Å². The van der Waals surface area contributed by atoms with Crippen molar-refractivity contribution in [3.05, 3.63) is 95.0 Å². The van der Waals surface area contributed by atoms with Crippen LogP contribution in [-0.2, 0) is 7.05 Å². The Morgan fingerprint density at radius 2 is 1.57 bits per heavy atom. The van der Waals surface area contributed by atoms with Gasteiger partial charge in [0.25, 0.3) is 11.8 Å². The van der Waals surface area contributed by atoms with Crippen LogP contribution >= 0.6 is 11.6 Å². The number of hydrogen-bond donors (Lipinski definition) is 4. The van der Waals surface area contributed by atoms with Gasteiger partial charge in [0.15, 0.2) is 0 Å². The van der Waals surface area contributed by atoms with Gasteiger partial charge < -0.3 is 15.7 Å². The minimum absolute atomic E-state index is 0.289. The Hall–Kier alpha value is -4.63. The standard InChI is InChI=1S/C25H20ClN5O4/c1-31-22(29-23(32)16-5-4-6-18(13-16)28-25(34)35)14-21(30-31)15-9-11-17(12-10-15)27-24(33)19-7-2-3-8-20(19)26/h2-14,28H,1H3,(H,27,33)(H,29,32)(H,34,35). The zero-order valence-electron chi connectivity index (χ0n) is 18.4. The zero-order chi connectivity index (χ0) is 24.9. The highest BCUT2D eigenvalue weighted by Gasteiger charge is 2.14. The minimum atomic E-state index is -1.21. The van der Waals surface area contributed by atoms with E-state index in [-0.39, 0.29) is 17.2 Å². The molecule has 176 valence electrons. The van der Waals surface area contributed by atoms with Crippen LogP contribution in [0, 0.1) is 0 Å². The lowest BCUT2D eigenvalue weighted by Gasteiger charge is -2.07. The van der Waals surface area contributed by atoms with E-state index >= 15 is 0 Å². The lowest BCUT2D eigenvalue weighted by molar-refractivity contribution is 0.101. The van der Waals surface area contributed by atoms with Crippen LogP contribution in [0.5, 0.6) is 0 Å². The van der Waals surface area contributed by atoms with Crippen molar-refractivity contribution in [3.8, 4) is 11.3 Å². The molecule has 0 aliphatic heterocycles. The summed E-state index contributed by atoms with van der Waals surface area (Å²) in [5.41, 5.74) is 2.96. The summed E-state index contributed by atoms with van der Waals surface area (Å²) >= 11 is 6.08. The number of nitrogens with zero attached hydrogens (tertiary/aromatic N) is 2. The molecule has 0 atom stereocenters. The number of amides is 3. The van der Waals surface area contributed by atoms with Gasteiger partial charge >= 0.3 is 6.09 Å². The van der Waals surface area contributed by atoms with E-state index in [4.69, 9.17) is 16.7 Å². The normalized spacial score (nSPS) is 10.5. The fourth-order valence-corrected chi connectivity index (χ4v) is 3.57. The molecule has 0 saturated heterocycles. The van der Waals surface area contributed by atoms with Gasteiger partial charge in [-0.3, -0.25) is 19.6 Å². The number of aromatic nitrogens is 2. The first-order valence-electron chi connectivity index (χ1n) is 10.4. The Morgan fingerprint density at radius 3 is 2.29 bits per heavy atom. The van der Waals surface area contributed by atoms with Gasteiger partial charge in [-0.1, -0.05) is 41.9 Å². The highest BCUT2D eigenvalue weighted by molar-refractivity contribution is 6.34. The van der Waals surface area contributed by atoms with Gasteiger partial charge in [-0.15, -0.1) is 0 Å². The van der Waals surface area contributed by atoms with E-state index in [1.54, 1.807) is 79.8 Å². The van der Waals surface area contributed by atoms with Gasteiger partial charge in [-0.25, -0.2) is 4.79 Å². The third kappa shape index (κ3) is 5.66. The molecule has 0 saturated carbocycles. The van der Waals surface area contributed by atoms with Crippen molar-refractivity contribution in [2.45, 2.75) is 0 Å². The monoisotopic (exact) mass is 489 g/mol. The molecule has 0 spiro atoms. The van der Waals surface area contributed by atoms with Crippen LogP contribution in [0.4, 0.5) is 22.0 Å². The second-order valence-corrected chi connectivity index (χ2v) is 7.92. The van der Waals surface area contributed by atoms with Crippen LogP contribution in [0.3, 0.4) is 0 Å². The molecule has 0 aliphatic carbocycles. The van der Waals surface area contributed by atoms with Crippen LogP contribution in [0.2, 0.25) is 5.02 Å². The van der Waals surface area contributed by atoms with Crippen LogP contribution in [0.15, 0.2) is 78.9 Å². The van der Waals surface area contributed by atoms with Gasteiger partial charge in [0.1, 0.15) is 5.82 Å². The third-order valence-corrected chi connectivity index (χ3v) is 5.38. The van der Waals surface area contributed by atoms with Crippen molar-refractivity contribution in [3.63, 3.8) is 0 Å². The number of carbonyl (C=O) groups excluding carboxylic acids is 2. The van der Waals surface area contributed by atoms with Gasteiger partial charge in [0.05, 0.1) is 16.3 Å². The summed E-state index contributed by atoms with van der Waals surface area (Å²) in [6.45, 7) is 0. The fraction of sp³-hybridized carbons (Fsp3) is 0.0400. The maximum atomic E-state index is 12.7. The van der Waals surface area contributed by atoms with Crippen molar-refractivity contribution in [1.82, 2.24) is 9.78 Å². The average Bonchev–Trinajstić information content (AvgIpc) is 3.19. The number of rotatable bonds is 6. The molecule has 4 aromatic rings. The van der Waals surface area contributed by atoms with Crippen molar-refractivity contribution < 1.29 is 19.5 Å². The maximum absolute atomic E-state index is 12.7. The topological polar surface area (TPSA) is 125 Å². The Bertz CT molecular complexity index is 1420. The van der Waals surface area contributed by atoms with E-state index in [9.17, 15) is 14.4 Å². The lowest BCUT2D eigenvalue weighted by Crippen LogP contribution is -2.15. The number of hydrogen-bond acceptors (Lipinski definition) is 4. The number of aryl methyl sites for hydroxylation is 1. The Balaban J connectivity index is 1.45. The van der Waals surface area contributed by atoms with E-state index in [1.165, 1.54) is 10.7 Å². The fourth-order valence-electron chi connectivity index (χ4n) is 3.34. The number of nitrogens with one attached hydrogen (secondary N) is 3.